The second-order valence-electron chi connectivity index (χ2n) is 4.02. The molecule has 1 atom stereocenters. The van der Waals surface area contributed by atoms with Gasteiger partial charge in [0.05, 0.1) is 0 Å². The highest BCUT2D eigenvalue weighted by atomic mass is 16.2. The molecule has 0 fully saturated rings. The Morgan fingerprint density at radius 2 is 2.12 bits per heavy atom. The van der Waals surface area contributed by atoms with E-state index in [-0.39, 0.29) is 11.6 Å². The molecule has 84 valence electrons. The van der Waals surface area contributed by atoms with Crippen LogP contribution >= 0.6 is 0 Å². The van der Waals surface area contributed by atoms with E-state index >= 15 is 0 Å². The first-order chi connectivity index (χ1) is 8.13. The van der Waals surface area contributed by atoms with E-state index in [9.17, 15) is 9.59 Å². The van der Waals surface area contributed by atoms with Crippen molar-refractivity contribution >= 4 is 23.7 Å². The van der Waals surface area contributed by atoms with Gasteiger partial charge in [0.25, 0.3) is 5.91 Å². The lowest BCUT2D eigenvalue weighted by Gasteiger charge is -2.14. The third-order valence-corrected chi connectivity index (χ3v) is 3.02. The minimum atomic E-state index is -0.971. The number of anilines is 1. The molecule has 2 amide bonds. The van der Waals surface area contributed by atoms with Crippen LogP contribution in [0.2, 0.25) is 0 Å². The van der Waals surface area contributed by atoms with Crippen molar-refractivity contribution in [2.24, 2.45) is 10.7 Å². The van der Waals surface area contributed by atoms with E-state index in [1.807, 2.05) is 24.3 Å². The number of hydrogen-bond acceptors (Lipinski definition) is 3. The van der Waals surface area contributed by atoms with Crippen LogP contribution in [-0.2, 0) is 15.0 Å². The van der Waals surface area contributed by atoms with Crippen LogP contribution in [-0.4, -0.2) is 18.0 Å². The van der Waals surface area contributed by atoms with Crippen molar-refractivity contribution in [1.82, 2.24) is 0 Å². The topological polar surface area (TPSA) is 84.6 Å². The summed E-state index contributed by atoms with van der Waals surface area (Å²) in [4.78, 5) is 27.0. The maximum atomic E-state index is 12.0. The monoisotopic (exact) mass is 227 g/mol. The fraction of sp³-hybridized carbons (Fsp3) is 0.0833. The number of hydrogen-bond donors (Lipinski definition) is 2. The summed E-state index contributed by atoms with van der Waals surface area (Å²) in [6.45, 7) is 0. The number of primary amides is 1. The molecule has 3 N–H and O–H groups in total. The molecule has 17 heavy (non-hydrogen) atoms. The number of amides is 2. The number of carbonyl (C=O) groups excluding carboxylic acids is 2. The van der Waals surface area contributed by atoms with Crippen LogP contribution in [0.15, 0.2) is 41.0 Å². The zero-order chi connectivity index (χ0) is 12.0. The number of nitrogens with one attached hydrogen (secondary N) is 1. The molecule has 1 spiro atoms. The van der Waals surface area contributed by atoms with Gasteiger partial charge in [-0.1, -0.05) is 18.2 Å². The van der Waals surface area contributed by atoms with Crippen LogP contribution < -0.4 is 11.1 Å². The summed E-state index contributed by atoms with van der Waals surface area (Å²) in [5, 5.41) is 2.76. The molecule has 2 heterocycles. The Balaban J connectivity index is 2.20. The number of fused-ring (bicyclic) bond motifs is 2. The van der Waals surface area contributed by atoms with Gasteiger partial charge in [-0.05, 0) is 12.1 Å². The van der Waals surface area contributed by atoms with Crippen molar-refractivity contribution in [3.05, 3.63) is 41.6 Å². The van der Waals surface area contributed by atoms with E-state index in [2.05, 4.69) is 10.3 Å². The van der Waals surface area contributed by atoms with Gasteiger partial charge in [-0.15, -0.1) is 0 Å². The average Bonchev–Trinajstić information content (AvgIpc) is 2.85. The number of para-hydroxylation sites is 1. The third kappa shape index (κ3) is 1.16. The van der Waals surface area contributed by atoms with Crippen LogP contribution in [0.25, 0.3) is 0 Å². The van der Waals surface area contributed by atoms with Crippen LogP contribution in [0.3, 0.4) is 0 Å². The summed E-state index contributed by atoms with van der Waals surface area (Å²) >= 11 is 0. The Bertz CT molecular complexity index is 604. The first kappa shape index (κ1) is 9.77. The Morgan fingerprint density at radius 3 is 2.82 bits per heavy atom. The molecule has 5 heteroatoms. The second kappa shape index (κ2) is 3.04. The zero-order valence-electron chi connectivity index (χ0n) is 8.81. The Hall–Kier alpha value is -2.43. The largest absolute Gasteiger partial charge is 0.364 e. The van der Waals surface area contributed by atoms with Crippen LogP contribution in [0.5, 0.6) is 0 Å². The number of carbonyl (C=O) groups is 2. The number of aliphatic imine (C=N–C) groups is 1. The van der Waals surface area contributed by atoms with Gasteiger partial charge in [0, 0.05) is 17.5 Å². The summed E-state index contributed by atoms with van der Waals surface area (Å²) in [5.74, 6) is -0.839. The predicted molar refractivity (Wildman–Crippen MR) is 62.5 cm³/mol. The molecule has 0 unspecified atom stereocenters. The maximum absolute atomic E-state index is 12.0. The van der Waals surface area contributed by atoms with Gasteiger partial charge >= 0.3 is 0 Å². The molecule has 2 aliphatic rings. The number of rotatable bonds is 1. The Kier molecular flexibility index (Phi) is 1.75. The summed E-state index contributed by atoms with van der Waals surface area (Å²) < 4.78 is 0. The molecular formula is C12H9N3O2. The summed E-state index contributed by atoms with van der Waals surface area (Å²) in [5.41, 5.74) is 5.85. The van der Waals surface area contributed by atoms with Gasteiger partial charge in [0.15, 0.2) is 0 Å². The first-order valence-electron chi connectivity index (χ1n) is 5.12. The van der Waals surface area contributed by atoms with E-state index in [1.165, 1.54) is 12.3 Å². The van der Waals surface area contributed by atoms with E-state index in [4.69, 9.17) is 5.73 Å². The molecule has 2 aliphatic heterocycles. The quantitative estimate of drug-likeness (QED) is 0.724. The lowest BCUT2D eigenvalue weighted by Crippen LogP contribution is -2.32. The van der Waals surface area contributed by atoms with Crippen molar-refractivity contribution < 1.29 is 9.59 Å². The van der Waals surface area contributed by atoms with E-state index in [0.717, 1.165) is 11.3 Å². The minimum Gasteiger partial charge on any atom is -0.364 e. The third-order valence-electron chi connectivity index (χ3n) is 3.02. The first-order valence-corrected chi connectivity index (χ1v) is 5.12. The molecule has 1 aromatic rings. The van der Waals surface area contributed by atoms with Gasteiger partial charge < -0.3 is 11.1 Å². The smallest absolute Gasteiger partial charge is 0.267 e. The number of nitrogens with zero attached hydrogens (tertiary/aromatic N) is 1. The molecule has 3 rings (SSSR count). The fourth-order valence-corrected chi connectivity index (χ4v) is 2.17. The summed E-state index contributed by atoms with van der Waals surface area (Å²) in [7, 11) is 0. The summed E-state index contributed by atoms with van der Waals surface area (Å²) in [6, 6.07) is 7.32. The summed E-state index contributed by atoms with van der Waals surface area (Å²) in [6.07, 6.45) is 2.98. The van der Waals surface area contributed by atoms with Gasteiger partial charge in [0.1, 0.15) is 11.1 Å². The normalized spacial score (nSPS) is 24.7. The highest BCUT2D eigenvalue weighted by Crippen LogP contribution is 2.40. The van der Waals surface area contributed by atoms with E-state index < -0.39 is 11.3 Å². The van der Waals surface area contributed by atoms with Gasteiger partial charge in [-0.25, -0.2) is 0 Å². The Labute approximate surface area is 97.0 Å². The molecule has 1 aromatic carbocycles. The molecule has 0 bridgehead atoms. The molecule has 0 aromatic heterocycles. The van der Waals surface area contributed by atoms with Crippen molar-refractivity contribution in [3.63, 3.8) is 0 Å². The van der Waals surface area contributed by atoms with E-state index in [1.54, 1.807) is 0 Å². The zero-order valence-corrected chi connectivity index (χ0v) is 8.81. The number of nitrogens with two attached hydrogens (primary N) is 1. The van der Waals surface area contributed by atoms with Crippen LogP contribution in [0.1, 0.15) is 5.56 Å². The van der Waals surface area contributed by atoms with Crippen molar-refractivity contribution in [3.8, 4) is 0 Å². The fourth-order valence-electron chi connectivity index (χ4n) is 2.17. The molecule has 0 aliphatic carbocycles. The van der Waals surface area contributed by atoms with Crippen LogP contribution in [0.4, 0.5) is 5.69 Å². The van der Waals surface area contributed by atoms with Gasteiger partial charge in [-0.2, -0.15) is 0 Å². The van der Waals surface area contributed by atoms with Gasteiger partial charge in [-0.3, -0.25) is 14.6 Å². The maximum Gasteiger partial charge on any atom is 0.267 e. The molecule has 0 saturated heterocycles. The average molecular weight is 227 g/mol. The Morgan fingerprint density at radius 1 is 1.35 bits per heavy atom. The molecule has 0 saturated carbocycles. The SMILES string of the molecule is NC(=O)C1=C[C@@]2(C=N1)C(=O)Nc1ccccc12. The van der Waals surface area contributed by atoms with Crippen molar-refractivity contribution in [2.45, 2.75) is 5.41 Å². The van der Waals surface area contributed by atoms with Gasteiger partial charge in [0.2, 0.25) is 5.91 Å². The van der Waals surface area contributed by atoms with Crippen molar-refractivity contribution in [1.29, 1.82) is 0 Å². The van der Waals surface area contributed by atoms with Crippen molar-refractivity contribution in [2.75, 3.05) is 5.32 Å². The standard InChI is InChI=1S/C12H9N3O2/c13-10(16)9-5-12(6-14-9)7-3-1-2-4-8(7)15-11(12)17/h1-6H,(H2,13,16)(H,15,17)/t12-/m0/s1. The molecular weight excluding hydrogens is 218 g/mol. The highest BCUT2D eigenvalue weighted by molar-refractivity contribution is 6.21. The predicted octanol–water partition coefficient (Wildman–Crippen LogP) is 0.330. The van der Waals surface area contributed by atoms with Crippen LogP contribution in [0, 0.1) is 0 Å². The molecule has 5 nitrogen and oxygen atoms in total. The minimum absolute atomic E-state index is 0.122. The number of benzene rings is 1. The highest BCUT2D eigenvalue weighted by Gasteiger charge is 2.46. The molecule has 0 radical (unpaired) electrons. The lowest BCUT2D eigenvalue weighted by atomic mass is 9.83. The second-order valence-corrected chi connectivity index (χ2v) is 4.02. The van der Waals surface area contributed by atoms with E-state index in [0.29, 0.717) is 0 Å². The lowest BCUT2D eigenvalue weighted by molar-refractivity contribution is -0.117.